The molecule has 0 amide bonds. The molecule has 0 aromatic carbocycles. The van der Waals surface area contributed by atoms with Crippen LogP contribution < -0.4 is 0 Å². The molecule has 1 rings (SSSR count). The van der Waals surface area contributed by atoms with Gasteiger partial charge in [0.15, 0.2) is 5.16 Å². The Morgan fingerprint density at radius 2 is 2.15 bits per heavy atom. The third-order valence-corrected chi connectivity index (χ3v) is 4.73. The summed E-state index contributed by atoms with van der Waals surface area (Å²) in [6, 6.07) is 0.162. The van der Waals surface area contributed by atoms with Crippen molar-refractivity contribution in [2.75, 3.05) is 17.8 Å². The summed E-state index contributed by atoms with van der Waals surface area (Å²) in [6.45, 7) is 6.24. The van der Waals surface area contributed by atoms with Crippen LogP contribution in [0.25, 0.3) is 0 Å². The molecule has 5 nitrogen and oxygen atoms in total. The Morgan fingerprint density at radius 1 is 1.50 bits per heavy atom. The number of nitrogens with zero attached hydrogens (tertiary/aromatic N) is 2. The zero-order valence-electron chi connectivity index (χ0n) is 12.3. The first-order valence-corrected chi connectivity index (χ1v) is 9.26. The molecule has 0 fully saturated rings. The minimum Gasteiger partial charge on any atom is -0.481 e. The molecule has 1 heterocycles. The second-order valence-electron chi connectivity index (χ2n) is 5.09. The molecule has 7 heteroatoms. The first kappa shape index (κ1) is 17.2. The monoisotopic (exact) mass is 318 g/mol. The van der Waals surface area contributed by atoms with Crippen LogP contribution in [-0.4, -0.2) is 42.6 Å². The fourth-order valence-corrected chi connectivity index (χ4v) is 3.40. The molecule has 114 valence electrons. The van der Waals surface area contributed by atoms with Crippen LogP contribution in [0.2, 0.25) is 0 Å². The molecule has 1 N–H and O–H groups in total. The van der Waals surface area contributed by atoms with E-state index in [0.717, 1.165) is 17.3 Å². The number of rotatable bonds is 8. The van der Waals surface area contributed by atoms with Crippen LogP contribution in [0.1, 0.15) is 44.8 Å². The Morgan fingerprint density at radius 3 is 2.65 bits per heavy atom. The predicted octanol–water partition coefficient (Wildman–Crippen LogP) is 2.51. The SMILES string of the molecule is CC(C)c1cnc(SCC(=O)O)n1C(C)CCS(C)=O. The van der Waals surface area contributed by atoms with E-state index in [1.807, 2.05) is 6.20 Å². The highest BCUT2D eigenvalue weighted by Gasteiger charge is 2.19. The minimum atomic E-state index is -0.849. The summed E-state index contributed by atoms with van der Waals surface area (Å²) in [4.78, 5) is 15.1. The van der Waals surface area contributed by atoms with E-state index in [0.29, 0.717) is 11.7 Å². The molecule has 0 radical (unpaired) electrons. The summed E-state index contributed by atoms with van der Waals surface area (Å²) in [5.41, 5.74) is 1.09. The van der Waals surface area contributed by atoms with Gasteiger partial charge in [0, 0.05) is 40.7 Å². The normalized spacial score (nSPS) is 14.4. The van der Waals surface area contributed by atoms with Gasteiger partial charge in [-0.25, -0.2) is 4.98 Å². The highest BCUT2D eigenvalue weighted by Crippen LogP contribution is 2.28. The lowest BCUT2D eigenvalue weighted by Gasteiger charge is -2.20. The molecule has 0 saturated carbocycles. The Hall–Kier alpha value is -0.820. The van der Waals surface area contributed by atoms with Crippen LogP contribution in [0.15, 0.2) is 11.4 Å². The number of aromatic nitrogens is 2. The van der Waals surface area contributed by atoms with Gasteiger partial charge in [-0.15, -0.1) is 0 Å². The third kappa shape index (κ3) is 4.94. The number of carboxylic acid groups (broad SMARTS) is 1. The fraction of sp³-hybridized carbons (Fsp3) is 0.692. The van der Waals surface area contributed by atoms with Gasteiger partial charge in [-0.05, 0) is 19.3 Å². The van der Waals surface area contributed by atoms with Crippen molar-refractivity contribution in [3.63, 3.8) is 0 Å². The van der Waals surface area contributed by atoms with Crippen LogP contribution in [-0.2, 0) is 15.6 Å². The van der Waals surface area contributed by atoms with E-state index in [4.69, 9.17) is 5.11 Å². The van der Waals surface area contributed by atoms with Gasteiger partial charge in [-0.3, -0.25) is 9.00 Å². The van der Waals surface area contributed by atoms with Gasteiger partial charge < -0.3 is 9.67 Å². The predicted molar refractivity (Wildman–Crippen MR) is 82.9 cm³/mol. The second kappa shape index (κ2) is 7.83. The number of thioether (sulfide) groups is 1. The number of imidazole rings is 1. The van der Waals surface area contributed by atoms with Crippen molar-refractivity contribution in [1.29, 1.82) is 0 Å². The van der Waals surface area contributed by atoms with E-state index in [2.05, 4.69) is 30.3 Å². The Balaban J connectivity index is 2.95. The molecular weight excluding hydrogens is 296 g/mol. The van der Waals surface area contributed by atoms with Crippen molar-refractivity contribution in [3.05, 3.63) is 11.9 Å². The summed E-state index contributed by atoms with van der Waals surface area (Å²) in [7, 11) is -0.817. The molecule has 0 aliphatic heterocycles. The lowest BCUT2D eigenvalue weighted by molar-refractivity contribution is -0.133. The number of hydrogen-bond acceptors (Lipinski definition) is 4. The number of hydrogen-bond donors (Lipinski definition) is 1. The smallest absolute Gasteiger partial charge is 0.313 e. The second-order valence-corrected chi connectivity index (χ2v) is 7.58. The van der Waals surface area contributed by atoms with E-state index in [1.165, 1.54) is 11.8 Å². The number of aliphatic carboxylic acids is 1. The van der Waals surface area contributed by atoms with Crippen molar-refractivity contribution < 1.29 is 14.1 Å². The van der Waals surface area contributed by atoms with E-state index in [-0.39, 0.29) is 11.8 Å². The van der Waals surface area contributed by atoms with Gasteiger partial charge in [-0.2, -0.15) is 0 Å². The van der Waals surface area contributed by atoms with Crippen LogP contribution >= 0.6 is 11.8 Å². The third-order valence-electron chi connectivity index (χ3n) is 2.97. The van der Waals surface area contributed by atoms with Crippen molar-refractivity contribution >= 4 is 28.5 Å². The molecule has 2 atom stereocenters. The maximum absolute atomic E-state index is 11.2. The highest BCUT2D eigenvalue weighted by atomic mass is 32.2. The molecule has 0 aliphatic rings. The molecule has 20 heavy (non-hydrogen) atoms. The molecule has 0 saturated heterocycles. The maximum atomic E-state index is 11.2. The highest BCUT2D eigenvalue weighted by molar-refractivity contribution is 7.99. The van der Waals surface area contributed by atoms with Gasteiger partial charge in [0.25, 0.3) is 0 Å². The zero-order valence-corrected chi connectivity index (χ0v) is 14.0. The summed E-state index contributed by atoms with van der Waals surface area (Å²) >= 11 is 1.23. The molecule has 0 aliphatic carbocycles. The topological polar surface area (TPSA) is 72.2 Å². The van der Waals surface area contributed by atoms with Crippen molar-refractivity contribution in [1.82, 2.24) is 9.55 Å². The maximum Gasteiger partial charge on any atom is 0.313 e. The van der Waals surface area contributed by atoms with Crippen LogP contribution in [0.3, 0.4) is 0 Å². The van der Waals surface area contributed by atoms with E-state index < -0.39 is 16.8 Å². The molecule has 2 unspecified atom stereocenters. The number of carbonyl (C=O) groups is 1. The van der Waals surface area contributed by atoms with Gasteiger partial charge in [-0.1, -0.05) is 25.6 Å². The van der Waals surface area contributed by atoms with Gasteiger partial charge in [0.1, 0.15) is 0 Å². The summed E-state index contributed by atoms with van der Waals surface area (Å²) in [6.07, 6.45) is 4.30. The average molecular weight is 318 g/mol. The van der Waals surface area contributed by atoms with Crippen LogP contribution in [0.5, 0.6) is 0 Å². The molecule has 0 bridgehead atoms. The van der Waals surface area contributed by atoms with Crippen molar-refractivity contribution in [2.24, 2.45) is 0 Å². The van der Waals surface area contributed by atoms with Crippen LogP contribution in [0, 0.1) is 0 Å². The Kier molecular flexibility index (Phi) is 6.75. The van der Waals surface area contributed by atoms with Gasteiger partial charge in [0.2, 0.25) is 0 Å². The molecule has 0 spiro atoms. The fourth-order valence-electron chi connectivity index (χ4n) is 1.93. The Bertz CT molecular complexity index is 486. The zero-order chi connectivity index (χ0) is 15.3. The average Bonchev–Trinajstić information content (AvgIpc) is 2.77. The quantitative estimate of drug-likeness (QED) is 0.746. The summed E-state index contributed by atoms with van der Waals surface area (Å²) in [5, 5.41) is 9.53. The van der Waals surface area contributed by atoms with Gasteiger partial charge in [0.05, 0.1) is 5.75 Å². The number of carboxylic acids is 1. The first-order chi connectivity index (χ1) is 9.32. The Labute approximate surface area is 126 Å². The minimum absolute atomic E-state index is 0.000969. The van der Waals surface area contributed by atoms with E-state index in [1.54, 1.807) is 6.26 Å². The molecule has 1 aromatic heterocycles. The standard InChI is InChI=1S/C13H22N2O3S2/c1-9(2)11-7-14-13(19-8-12(16)17)15(11)10(3)5-6-20(4)18/h7,9-10H,5-6,8H2,1-4H3,(H,16,17). The van der Waals surface area contributed by atoms with Crippen LogP contribution in [0.4, 0.5) is 0 Å². The van der Waals surface area contributed by atoms with Gasteiger partial charge >= 0.3 is 5.97 Å². The summed E-state index contributed by atoms with van der Waals surface area (Å²) < 4.78 is 13.3. The molecular formula is C13H22N2O3S2. The first-order valence-electron chi connectivity index (χ1n) is 6.54. The van der Waals surface area contributed by atoms with Crippen molar-refractivity contribution in [3.8, 4) is 0 Å². The molecule has 1 aromatic rings. The summed E-state index contributed by atoms with van der Waals surface area (Å²) in [5.74, 6) is 0.107. The van der Waals surface area contributed by atoms with E-state index >= 15 is 0 Å². The van der Waals surface area contributed by atoms with Crippen molar-refractivity contribution in [2.45, 2.75) is 44.3 Å². The lowest BCUT2D eigenvalue weighted by atomic mass is 10.1. The lowest BCUT2D eigenvalue weighted by Crippen LogP contribution is -2.14. The largest absolute Gasteiger partial charge is 0.481 e. The van der Waals surface area contributed by atoms with E-state index in [9.17, 15) is 9.00 Å².